The van der Waals surface area contributed by atoms with Crippen LogP contribution >= 0.6 is 23.2 Å². The molecule has 0 fully saturated rings. The number of aromatic nitrogens is 2. The first-order valence-corrected chi connectivity index (χ1v) is 7.50. The lowest BCUT2D eigenvalue weighted by molar-refractivity contribution is 0.144. The van der Waals surface area contributed by atoms with E-state index in [9.17, 15) is 17.2 Å². The summed E-state index contributed by atoms with van der Waals surface area (Å²) in [6.07, 6.45) is -1.75. The van der Waals surface area contributed by atoms with Crippen LogP contribution in [0.25, 0.3) is 0 Å². The van der Waals surface area contributed by atoms with Gasteiger partial charge in [0.25, 0.3) is 6.43 Å². The number of aryl methyl sites for hydroxylation is 1. The summed E-state index contributed by atoms with van der Waals surface area (Å²) in [4.78, 5) is 0. The monoisotopic (exact) mass is 306 g/mol. The molecule has 0 bridgehead atoms. The minimum atomic E-state index is -3.21. The number of sulfone groups is 1. The summed E-state index contributed by atoms with van der Waals surface area (Å²) in [5.74, 6) is -0.420. The number of alkyl halides is 3. The molecule has 1 rings (SSSR count). The molecule has 0 N–H and O–H groups in total. The third kappa shape index (κ3) is 3.79. The Labute approximate surface area is 107 Å². The molecule has 17 heavy (non-hydrogen) atoms. The first-order chi connectivity index (χ1) is 7.76. The highest BCUT2D eigenvalue weighted by atomic mass is 35.5. The average Bonchev–Trinajstić information content (AvgIpc) is 2.51. The lowest BCUT2D eigenvalue weighted by atomic mass is 10.3. The maximum Gasteiger partial charge on any atom is 0.282 e. The molecule has 0 amide bonds. The number of hydrogen-bond acceptors (Lipinski definition) is 3. The van der Waals surface area contributed by atoms with Crippen LogP contribution in [0.3, 0.4) is 0 Å². The van der Waals surface area contributed by atoms with E-state index in [4.69, 9.17) is 23.2 Å². The van der Waals surface area contributed by atoms with Crippen LogP contribution in [-0.4, -0.2) is 30.2 Å². The third-order valence-corrected chi connectivity index (χ3v) is 3.64. The first-order valence-electron chi connectivity index (χ1n) is 4.53. The van der Waals surface area contributed by atoms with Gasteiger partial charge in [0.15, 0.2) is 0 Å². The summed E-state index contributed by atoms with van der Waals surface area (Å²) in [6.45, 7) is -0.0751. The minimum Gasteiger partial charge on any atom is -0.252 e. The Bertz CT molecular complexity index is 502. The van der Waals surface area contributed by atoms with Crippen LogP contribution in [0, 0.1) is 0 Å². The Hall–Kier alpha value is -0.400. The van der Waals surface area contributed by atoms with Gasteiger partial charge in [-0.3, -0.25) is 4.68 Å². The van der Waals surface area contributed by atoms with Crippen LogP contribution in [0.15, 0.2) is 0 Å². The van der Waals surface area contributed by atoms with Crippen molar-refractivity contribution in [3.63, 3.8) is 0 Å². The molecule has 1 aromatic heterocycles. The molecule has 0 aliphatic heterocycles. The molecular formula is C8H10Cl2F2N2O2S. The molecule has 0 aromatic carbocycles. The normalized spacial score (nSPS) is 12.4. The third-order valence-electron chi connectivity index (χ3n) is 2.03. The zero-order valence-corrected chi connectivity index (χ0v) is 11.2. The van der Waals surface area contributed by atoms with Gasteiger partial charge in [-0.1, -0.05) is 11.6 Å². The summed E-state index contributed by atoms with van der Waals surface area (Å²) in [5, 5.41) is 3.53. The Balaban J connectivity index is 3.02. The van der Waals surface area contributed by atoms with E-state index in [1.807, 2.05) is 0 Å². The summed E-state index contributed by atoms with van der Waals surface area (Å²) < 4.78 is 48.1. The molecule has 98 valence electrons. The lowest BCUT2D eigenvalue weighted by Gasteiger charge is -2.01. The van der Waals surface area contributed by atoms with E-state index in [2.05, 4.69) is 5.10 Å². The summed E-state index contributed by atoms with van der Waals surface area (Å²) >= 11 is 11.3. The van der Waals surface area contributed by atoms with E-state index in [0.29, 0.717) is 0 Å². The van der Waals surface area contributed by atoms with Gasteiger partial charge in [0.1, 0.15) is 20.7 Å². The van der Waals surface area contributed by atoms with Crippen LogP contribution in [0.4, 0.5) is 8.78 Å². The van der Waals surface area contributed by atoms with Crippen molar-refractivity contribution in [1.29, 1.82) is 0 Å². The van der Waals surface area contributed by atoms with Crippen LogP contribution in [0.5, 0.6) is 0 Å². The quantitative estimate of drug-likeness (QED) is 0.784. The molecule has 4 nitrogen and oxygen atoms in total. The summed E-state index contributed by atoms with van der Waals surface area (Å²) in [6, 6.07) is 0. The molecular weight excluding hydrogens is 297 g/mol. The van der Waals surface area contributed by atoms with E-state index < -0.39 is 22.0 Å². The molecule has 0 saturated carbocycles. The van der Waals surface area contributed by atoms with Crippen molar-refractivity contribution in [3.8, 4) is 0 Å². The second-order valence-electron chi connectivity index (χ2n) is 3.44. The summed E-state index contributed by atoms with van der Waals surface area (Å²) in [7, 11) is -3.21. The van der Waals surface area contributed by atoms with Crippen molar-refractivity contribution in [3.05, 3.63) is 16.4 Å². The van der Waals surface area contributed by atoms with Crippen LogP contribution in [0.1, 0.15) is 17.7 Å². The van der Waals surface area contributed by atoms with Crippen LogP contribution in [-0.2, 0) is 22.3 Å². The number of rotatable bonds is 5. The van der Waals surface area contributed by atoms with Crippen molar-refractivity contribution in [2.75, 3.05) is 12.0 Å². The van der Waals surface area contributed by atoms with Gasteiger partial charge in [0.2, 0.25) is 0 Å². The zero-order chi connectivity index (χ0) is 13.2. The maximum absolute atomic E-state index is 12.6. The Morgan fingerprint density at radius 2 is 2.06 bits per heavy atom. The molecule has 0 radical (unpaired) electrons. The van der Waals surface area contributed by atoms with Crippen molar-refractivity contribution in [1.82, 2.24) is 9.78 Å². The van der Waals surface area contributed by atoms with E-state index in [1.54, 1.807) is 0 Å². The van der Waals surface area contributed by atoms with Crippen LogP contribution < -0.4 is 0 Å². The lowest BCUT2D eigenvalue weighted by Crippen LogP contribution is -2.12. The molecule has 0 spiro atoms. The topological polar surface area (TPSA) is 52.0 Å². The van der Waals surface area contributed by atoms with Gasteiger partial charge in [0.05, 0.1) is 18.2 Å². The van der Waals surface area contributed by atoms with E-state index in [0.717, 1.165) is 10.9 Å². The second-order valence-corrected chi connectivity index (χ2v) is 6.33. The second kappa shape index (κ2) is 5.49. The van der Waals surface area contributed by atoms with E-state index in [1.165, 1.54) is 0 Å². The fourth-order valence-electron chi connectivity index (χ4n) is 1.20. The maximum atomic E-state index is 12.6. The number of halogens is 4. The van der Waals surface area contributed by atoms with Gasteiger partial charge in [-0.05, 0) is 0 Å². The zero-order valence-electron chi connectivity index (χ0n) is 8.83. The first kappa shape index (κ1) is 14.7. The van der Waals surface area contributed by atoms with Gasteiger partial charge in [-0.25, -0.2) is 17.2 Å². The predicted molar refractivity (Wildman–Crippen MR) is 61.5 cm³/mol. The number of hydrogen-bond donors (Lipinski definition) is 0. The predicted octanol–water partition coefficient (Wildman–Crippen LogP) is 2.26. The number of nitrogens with zero attached hydrogens (tertiary/aromatic N) is 2. The van der Waals surface area contributed by atoms with Gasteiger partial charge in [-0.15, -0.1) is 11.6 Å². The smallest absolute Gasteiger partial charge is 0.252 e. The van der Waals surface area contributed by atoms with Crippen molar-refractivity contribution < 1.29 is 17.2 Å². The molecule has 1 heterocycles. The average molecular weight is 307 g/mol. The fraction of sp³-hybridized carbons (Fsp3) is 0.625. The minimum absolute atomic E-state index is 0.0387. The standard InChI is InChI=1S/C8H10Cl2F2N2O2S/c1-17(15,16)3-2-14-7(10)5(4-9)6(13-14)8(11)12/h8H,2-4H2,1H3. The Kier molecular flexibility index (Phi) is 4.74. The Morgan fingerprint density at radius 3 is 2.41 bits per heavy atom. The fourth-order valence-corrected chi connectivity index (χ4v) is 2.32. The van der Waals surface area contributed by atoms with Gasteiger partial charge in [0, 0.05) is 11.8 Å². The molecule has 9 heteroatoms. The van der Waals surface area contributed by atoms with Gasteiger partial charge < -0.3 is 0 Å². The Morgan fingerprint density at radius 1 is 1.47 bits per heavy atom. The van der Waals surface area contributed by atoms with E-state index in [-0.39, 0.29) is 28.9 Å². The van der Waals surface area contributed by atoms with Gasteiger partial charge in [-0.2, -0.15) is 5.10 Å². The highest BCUT2D eigenvalue weighted by molar-refractivity contribution is 7.90. The highest BCUT2D eigenvalue weighted by Crippen LogP contribution is 2.29. The molecule has 0 aliphatic carbocycles. The largest absolute Gasteiger partial charge is 0.282 e. The van der Waals surface area contributed by atoms with Crippen LogP contribution in [0.2, 0.25) is 5.15 Å². The SMILES string of the molecule is CS(=O)(=O)CCn1nc(C(F)F)c(CCl)c1Cl. The van der Waals surface area contributed by atoms with Gasteiger partial charge >= 0.3 is 0 Å². The molecule has 0 aliphatic rings. The molecule has 1 aromatic rings. The van der Waals surface area contributed by atoms with E-state index >= 15 is 0 Å². The van der Waals surface area contributed by atoms with Crippen molar-refractivity contribution in [2.45, 2.75) is 18.9 Å². The van der Waals surface area contributed by atoms with Crippen molar-refractivity contribution >= 4 is 33.0 Å². The van der Waals surface area contributed by atoms with Crippen molar-refractivity contribution in [2.24, 2.45) is 0 Å². The molecule has 0 atom stereocenters. The summed E-state index contributed by atoms with van der Waals surface area (Å²) in [5.41, 5.74) is -0.463. The highest BCUT2D eigenvalue weighted by Gasteiger charge is 2.22. The molecule has 0 saturated heterocycles. The molecule has 0 unspecified atom stereocenters.